The van der Waals surface area contributed by atoms with Crippen LogP contribution in [0.5, 0.6) is 0 Å². The number of nitrogens with one attached hydrogen (secondary N) is 3. The molecule has 11 heteroatoms. The molecule has 1 aliphatic heterocycles. The van der Waals surface area contributed by atoms with E-state index in [0.29, 0.717) is 43.4 Å². The average Bonchev–Trinajstić information content (AvgIpc) is 2.77. The SMILES string of the molecule is Cl.N=C(N)c1cccc(NCC(=O)NCC(=O)N2CCN(c3ncccn3)CC2)c1. The van der Waals surface area contributed by atoms with Gasteiger partial charge in [0.2, 0.25) is 17.8 Å². The van der Waals surface area contributed by atoms with Crippen molar-refractivity contribution in [2.24, 2.45) is 5.73 Å². The summed E-state index contributed by atoms with van der Waals surface area (Å²) in [5.74, 6) is 0.212. The maximum absolute atomic E-state index is 12.3. The summed E-state index contributed by atoms with van der Waals surface area (Å²) in [6, 6.07) is 8.70. The second-order valence-corrected chi connectivity index (χ2v) is 6.54. The van der Waals surface area contributed by atoms with Crippen LogP contribution in [-0.2, 0) is 9.59 Å². The number of amides is 2. The Hall–Kier alpha value is -3.40. The van der Waals surface area contributed by atoms with Crippen LogP contribution in [0, 0.1) is 5.41 Å². The molecule has 1 aliphatic rings. The van der Waals surface area contributed by atoms with Gasteiger partial charge in [-0.1, -0.05) is 12.1 Å². The first kappa shape index (κ1) is 22.9. The molecule has 2 amide bonds. The van der Waals surface area contributed by atoms with E-state index in [2.05, 4.69) is 20.6 Å². The number of piperazine rings is 1. The molecule has 1 aromatic carbocycles. The molecular formula is C19H25ClN8O2. The summed E-state index contributed by atoms with van der Waals surface area (Å²) in [4.78, 5) is 36.6. The van der Waals surface area contributed by atoms with Crippen molar-refractivity contribution in [3.05, 3.63) is 48.3 Å². The second-order valence-electron chi connectivity index (χ2n) is 6.54. The number of benzene rings is 1. The maximum Gasteiger partial charge on any atom is 0.242 e. The number of carbonyl (C=O) groups is 2. The molecule has 0 saturated carbocycles. The molecule has 5 N–H and O–H groups in total. The molecule has 160 valence electrons. The van der Waals surface area contributed by atoms with Crippen molar-refractivity contribution in [3.63, 3.8) is 0 Å². The van der Waals surface area contributed by atoms with Crippen LogP contribution in [0.3, 0.4) is 0 Å². The van der Waals surface area contributed by atoms with Gasteiger partial charge in [-0.3, -0.25) is 15.0 Å². The molecule has 0 spiro atoms. The number of nitrogens with zero attached hydrogens (tertiary/aromatic N) is 4. The summed E-state index contributed by atoms with van der Waals surface area (Å²) < 4.78 is 0. The van der Waals surface area contributed by atoms with Crippen molar-refractivity contribution < 1.29 is 9.59 Å². The lowest BCUT2D eigenvalue weighted by Gasteiger charge is -2.34. The summed E-state index contributed by atoms with van der Waals surface area (Å²) >= 11 is 0. The Balaban J connectivity index is 0.00000320. The molecule has 30 heavy (non-hydrogen) atoms. The van der Waals surface area contributed by atoms with Gasteiger partial charge in [-0.05, 0) is 18.2 Å². The summed E-state index contributed by atoms with van der Waals surface area (Å²) in [6.07, 6.45) is 3.39. The van der Waals surface area contributed by atoms with Gasteiger partial charge in [-0.2, -0.15) is 0 Å². The molecule has 1 saturated heterocycles. The zero-order valence-corrected chi connectivity index (χ0v) is 17.2. The average molecular weight is 433 g/mol. The molecule has 0 aliphatic carbocycles. The Bertz CT molecular complexity index is 872. The summed E-state index contributed by atoms with van der Waals surface area (Å²) in [5, 5.41) is 13.0. The van der Waals surface area contributed by atoms with E-state index in [1.807, 2.05) is 4.90 Å². The number of amidine groups is 1. The molecule has 3 rings (SSSR count). The quantitative estimate of drug-likeness (QED) is 0.358. The number of nitrogens with two attached hydrogens (primary N) is 1. The van der Waals surface area contributed by atoms with E-state index in [1.54, 1.807) is 47.6 Å². The fourth-order valence-electron chi connectivity index (χ4n) is 2.94. The van der Waals surface area contributed by atoms with Crippen LogP contribution >= 0.6 is 12.4 Å². The van der Waals surface area contributed by atoms with Gasteiger partial charge in [-0.25, -0.2) is 9.97 Å². The lowest BCUT2D eigenvalue weighted by molar-refractivity contribution is -0.132. The van der Waals surface area contributed by atoms with E-state index in [9.17, 15) is 9.59 Å². The van der Waals surface area contributed by atoms with Crippen LogP contribution in [0.15, 0.2) is 42.7 Å². The highest BCUT2D eigenvalue weighted by atomic mass is 35.5. The first-order chi connectivity index (χ1) is 14.0. The van der Waals surface area contributed by atoms with Crippen molar-refractivity contribution >= 4 is 41.7 Å². The van der Waals surface area contributed by atoms with Gasteiger partial charge in [0, 0.05) is 49.8 Å². The van der Waals surface area contributed by atoms with Crippen LogP contribution in [0.1, 0.15) is 5.56 Å². The number of carbonyl (C=O) groups excluding carboxylic acids is 2. The van der Waals surface area contributed by atoms with E-state index in [4.69, 9.17) is 11.1 Å². The maximum atomic E-state index is 12.3. The van der Waals surface area contributed by atoms with Crippen LogP contribution in [0.4, 0.5) is 11.6 Å². The number of halogens is 1. The molecule has 1 fully saturated rings. The first-order valence-corrected chi connectivity index (χ1v) is 9.27. The Morgan fingerprint density at radius 1 is 1.07 bits per heavy atom. The highest BCUT2D eigenvalue weighted by Gasteiger charge is 2.22. The van der Waals surface area contributed by atoms with Gasteiger partial charge in [0.05, 0.1) is 13.1 Å². The van der Waals surface area contributed by atoms with E-state index >= 15 is 0 Å². The van der Waals surface area contributed by atoms with Gasteiger partial charge in [-0.15, -0.1) is 12.4 Å². The highest BCUT2D eigenvalue weighted by Crippen LogP contribution is 2.10. The minimum absolute atomic E-state index is 0. The van der Waals surface area contributed by atoms with Gasteiger partial charge in [0.1, 0.15) is 5.84 Å². The van der Waals surface area contributed by atoms with Crippen molar-refractivity contribution in [2.45, 2.75) is 0 Å². The summed E-state index contributed by atoms with van der Waals surface area (Å²) in [5.41, 5.74) is 6.71. The third-order valence-corrected chi connectivity index (χ3v) is 4.53. The topological polar surface area (TPSA) is 140 Å². The van der Waals surface area contributed by atoms with E-state index in [1.165, 1.54) is 0 Å². The zero-order chi connectivity index (χ0) is 20.6. The van der Waals surface area contributed by atoms with Crippen molar-refractivity contribution in [1.82, 2.24) is 20.2 Å². The lowest BCUT2D eigenvalue weighted by atomic mass is 10.2. The fourth-order valence-corrected chi connectivity index (χ4v) is 2.94. The minimum Gasteiger partial charge on any atom is -0.384 e. The largest absolute Gasteiger partial charge is 0.384 e. The first-order valence-electron chi connectivity index (χ1n) is 9.27. The second kappa shape index (κ2) is 11.0. The number of nitrogen functional groups attached to an aromatic ring is 1. The Morgan fingerprint density at radius 2 is 1.77 bits per heavy atom. The molecule has 10 nitrogen and oxygen atoms in total. The predicted octanol–water partition coefficient (Wildman–Crippen LogP) is 0.0594. The van der Waals surface area contributed by atoms with E-state index < -0.39 is 0 Å². The van der Waals surface area contributed by atoms with Gasteiger partial charge < -0.3 is 26.2 Å². The minimum atomic E-state index is -0.289. The van der Waals surface area contributed by atoms with E-state index in [0.717, 1.165) is 0 Å². The standard InChI is InChI=1S/C19H24N8O2.ClH/c20-18(21)14-3-1-4-15(11-14)24-12-16(28)25-13-17(29)26-7-9-27(10-8-26)19-22-5-2-6-23-19;/h1-6,11,24H,7-10,12-13H2,(H3,20,21)(H,25,28);1H. The summed E-state index contributed by atoms with van der Waals surface area (Å²) in [6.45, 7) is 2.39. The Kier molecular flexibility index (Phi) is 8.36. The Morgan fingerprint density at radius 3 is 2.43 bits per heavy atom. The molecular weight excluding hydrogens is 408 g/mol. The van der Waals surface area contributed by atoms with Crippen LogP contribution in [0.25, 0.3) is 0 Å². The normalized spacial score (nSPS) is 13.2. The van der Waals surface area contributed by atoms with Gasteiger partial charge in [0.15, 0.2) is 0 Å². The number of hydrogen-bond donors (Lipinski definition) is 4. The smallest absolute Gasteiger partial charge is 0.242 e. The van der Waals surface area contributed by atoms with Crippen LogP contribution < -0.4 is 21.3 Å². The number of rotatable bonds is 7. The lowest BCUT2D eigenvalue weighted by Crippen LogP contribution is -2.51. The molecule has 0 atom stereocenters. The van der Waals surface area contributed by atoms with Crippen molar-refractivity contribution in [1.29, 1.82) is 5.41 Å². The molecule has 0 unspecified atom stereocenters. The monoisotopic (exact) mass is 432 g/mol. The van der Waals surface area contributed by atoms with Crippen LogP contribution in [0.2, 0.25) is 0 Å². The van der Waals surface area contributed by atoms with Crippen LogP contribution in [-0.4, -0.2) is 71.8 Å². The Labute approximate surface area is 180 Å². The van der Waals surface area contributed by atoms with E-state index in [-0.39, 0.29) is 43.1 Å². The fraction of sp³-hybridized carbons (Fsp3) is 0.316. The van der Waals surface area contributed by atoms with Gasteiger partial charge in [0.25, 0.3) is 0 Å². The number of aromatic nitrogens is 2. The molecule has 0 bridgehead atoms. The third kappa shape index (κ3) is 6.31. The van der Waals surface area contributed by atoms with Crippen molar-refractivity contribution in [3.8, 4) is 0 Å². The molecule has 0 radical (unpaired) electrons. The predicted molar refractivity (Wildman–Crippen MR) is 117 cm³/mol. The summed E-state index contributed by atoms with van der Waals surface area (Å²) in [7, 11) is 0. The molecule has 2 aromatic rings. The molecule has 1 aromatic heterocycles. The van der Waals surface area contributed by atoms with Crippen molar-refractivity contribution in [2.75, 3.05) is 49.5 Å². The third-order valence-electron chi connectivity index (χ3n) is 4.53. The highest BCUT2D eigenvalue weighted by molar-refractivity contribution is 5.96. The zero-order valence-electron chi connectivity index (χ0n) is 16.4. The van der Waals surface area contributed by atoms with Gasteiger partial charge >= 0.3 is 0 Å². The molecule has 2 heterocycles. The number of hydrogen-bond acceptors (Lipinski definition) is 7. The number of anilines is 2.